The molecule has 1 amide bonds. The number of amides is 1. The third-order valence-electron chi connectivity index (χ3n) is 2.28. The zero-order chi connectivity index (χ0) is 13.2. The van der Waals surface area contributed by atoms with Gasteiger partial charge in [-0.1, -0.05) is 13.8 Å². The number of nitrogens with two attached hydrogens (primary N) is 1. The molecule has 17 heavy (non-hydrogen) atoms. The van der Waals surface area contributed by atoms with E-state index in [4.69, 9.17) is 5.73 Å². The molecule has 0 saturated carbocycles. The van der Waals surface area contributed by atoms with Crippen LogP contribution in [0.15, 0.2) is 12.1 Å². The molecule has 6 heteroatoms. The Labute approximate surface area is 96.8 Å². The summed E-state index contributed by atoms with van der Waals surface area (Å²) >= 11 is 0. The van der Waals surface area contributed by atoms with Crippen LogP contribution in [0.2, 0.25) is 0 Å². The maximum absolute atomic E-state index is 13.2. The van der Waals surface area contributed by atoms with Gasteiger partial charge in [0.05, 0.1) is 6.04 Å². The Balaban J connectivity index is 2.93. The summed E-state index contributed by atoms with van der Waals surface area (Å²) in [7, 11) is 0. The maximum Gasteiger partial charge on any atom is 0.241 e. The minimum atomic E-state index is -1.17. The van der Waals surface area contributed by atoms with E-state index >= 15 is 0 Å². The lowest BCUT2D eigenvalue weighted by molar-refractivity contribution is -0.118. The highest BCUT2D eigenvalue weighted by Gasteiger charge is 2.20. The highest BCUT2D eigenvalue weighted by molar-refractivity contribution is 5.95. The normalized spacial score (nSPS) is 12.6. The van der Waals surface area contributed by atoms with Gasteiger partial charge in [0.25, 0.3) is 0 Å². The Morgan fingerprint density at radius 1 is 1.24 bits per heavy atom. The third kappa shape index (κ3) is 3.20. The van der Waals surface area contributed by atoms with Gasteiger partial charge >= 0.3 is 0 Å². The molecule has 0 aliphatic carbocycles. The van der Waals surface area contributed by atoms with E-state index in [1.54, 1.807) is 13.8 Å². The van der Waals surface area contributed by atoms with Crippen molar-refractivity contribution in [2.75, 3.05) is 5.32 Å². The number of carbonyl (C=O) groups excluding carboxylic acids is 1. The Bertz CT molecular complexity index is 412. The first-order valence-electron chi connectivity index (χ1n) is 5.04. The van der Waals surface area contributed by atoms with Crippen molar-refractivity contribution >= 4 is 11.6 Å². The molecule has 1 aromatic carbocycles. The third-order valence-corrected chi connectivity index (χ3v) is 2.28. The van der Waals surface area contributed by atoms with Gasteiger partial charge in [0.15, 0.2) is 11.6 Å². The minimum Gasteiger partial charge on any atom is -0.320 e. The fraction of sp³-hybridized carbons (Fsp3) is 0.364. The molecule has 0 fully saturated rings. The molecular formula is C11H13F3N2O. The van der Waals surface area contributed by atoms with Gasteiger partial charge in [-0.25, -0.2) is 13.2 Å². The molecule has 0 spiro atoms. The van der Waals surface area contributed by atoms with Crippen LogP contribution >= 0.6 is 0 Å². The Hall–Kier alpha value is -1.56. The summed E-state index contributed by atoms with van der Waals surface area (Å²) < 4.78 is 39.0. The number of benzene rings is 1. The van der Waals surface area contributed by atoms with Gasteiger partial charge in [0.1, 0.15) is 11.5 Å². The molecule has 0 radical (unpaired) electrons. The van der Waals surface area contributed by atoms with Crippen molar-refractivity contribution in [3.8, 4) is 0 Å². The topological polar surface area (TPSA) is 55.1 Å². The van der Waals surface area contributed by atoms with Gasteiger partial charge in [-0.05, 0) is 5.92 Å². The highest BCUT2D eigenvalue weighted by Crippen LogP contribution is 2.20. The lowest BCUT2D eigenvalue weighted by atomic mass is 10.0. The first-order valence-corrected chi connectivity index (χ1v) is 5.04. The molecule has 1 atom stereocenters. The summed E-state index contributed by atoms with van der Waals surface area (Å²) in [4.78, 5) is 11.5. The van der Waals surface area contributed by atoms with Crippen LogP contribution in [0.5, 0.6) is 0 Å². The molecule has 0 aromatic heterocycles. The molecule has 0 aliphatic heterocycles. The molecular weight excluding hydrogens is 233 g/mol. The van der Waals surface area contributed by atoms with E-state index in [0.29, 0.717) is 12.1 Å². The maximum atomic E-state index is 13.2. The predicted octanol–water partition coefficient (Wildman–Crippen LogP) is 2.03. The summed E-state index contributed by atoms with van der Waals surface area (Å²) in [5.41, 5.74) is 4.82. The largest absolute Gasteiger partial charge is 0.320 e. The van der Waals surface area contributed by atoms with Crippen LogP contribution in [0.25, 0.3) is 0 Å². The first-order chi connectivity index (χ1) is 7.82. The van der Waals surface area contributed by atoms with Crippen molar-refractivity contribution in [1.29, 1.82) is 0 Å². The highest BCUT2D eigenvalue weighted by atomic mass is 19.1. The quantitative estimate of drug-likeness (QED) is 0.857. The molecule has 3 N–H and O–H groups in total. The molecule has 0 bridgehead atoms. The number of rotatable bonds is 3. The molecule has 3 nitrogen and oxygen atoms in total. The molecule has 0 saturated heterocycles. The summed E-state index contributed by atoms with van der Waals surface area (Å²) in [6.07, 6.45) is 0. The number of nitrogens with one attached hydrogen (secondary N) is 1. The Kier molecular flexibility index (Phi) is 4.11. The van der Waals surface area contributed by atoms with Gasteiger partial charge in [-0.2, -0.15) is 0 Å². The van der Waals surface area contributed by atoms with Crippen LogP contribution in [0, 0.1) is 23.4 Å². The second kappa shape index (κ2) is 5.18. The number of carbonyl (C=O) groups is 1. The predicted molar refractivity (Wildman–Crippen MR) is 57.8 cm³/mol. The zero-order valence-electron chi connectivity index (χ0n) is 9.43. The van der Waals surface area contributed by atoms with E-state index in [1.807, 2.05) is 5.32 Å². The fourth-order valence-electron chi connectivity index (χ4n) is 1.17. The van der Waals surface area contributed by atoms with Crippen molar-refractivity contribution in [3.05, 3.63) is 29.6 Å². The van der Waals surface area contributed by atoms with Gasteiger partial charge in [0, 0.05) is 12.1 Å². The van der Waals surface area contributed by atoms with Crippen LogP contribution in [0.4, 0.5) is 18.9 Å². The summed E-state index contributed by atoms with van der Waals surface area (Å²) in [6, 6.07) is 0.0815. The molecule has 1 rings (SSSR count). The molecule has 0 aliphatic rings. The van der Waals surface area contributed by atoms with Crippen LogP contribution in [-0.4, -0.2) is 11.9 Å². The average Bonchev–Trinajstić information content (AvgIpc) is 2.21. The SMILES string of the molecule is CC(C)[C@H](N)C(=O)Nc1c(F)cc(F)cc1F. The molecule has 94 valence electrons. The fourth-order valence-corrected chi connectivity index (χ4v) is 1.17. The summed E-state index contributed by atoms with van der Waals surface area (Å²) in [5.74, 6) is -4.30. The van der Waals surface area contributed by atoms with E-state index in [-0.39, 0.29) is 5.92 Å². The molecule has 0 unspecified atom stereocenters. The van der Waals surface area contributed by atoms with Crippen LogP contribution in [0.1, 0.15) is 13.8 Å². The monoisotopic (exact) mass is 246 g/mol. The smallest absolute Gasteiger partial charge is 0.241 e. The van der Waals surface area contributed by atoms with E-state index in [2.05, 4.69) is 0 Å². The molecule has 1 aromatic rings. The average molecular weight is 246 g/mol. The van der Waals surface area contributed by atoms with Crippen molar-refractivity contribution < 1.29 is 18.0 Å². The van der Waals surface area contributed by atoms with Crippen molar-refractivity contribution in [2.24, 2.45) is 11.7 Å². The van der Waals surface area contributed by atoms with Gasteiger partial charge < -0.3 is 11.1 Å². The van der Waals surface area contributed by atoms with Crippen molar-refractivity contribution in [2.45, 2.75) is 19.9 Å². The number of halogens is 3. The summed E-state index contributed by atoms with van der Waals surface area (Å²) in [5, 5.41) is 2.01. The van der Waals surface area contributed by atoms with Crippen molar-refractivity contribution in [3.63, 3.8) is 0 Å². The van der Waals surface area contributed by atoms with Gasteiger partial charge in [0.2, 0.25) is 5.91 Å². The lowest BCUT2D eigenvalue weighted by Crippen LogP contribution is -2.40. The Morgan fingerprint density at radius 3 is 2.12 bits per heavy atom. The second-order valence-electron chi connectivity index (χ2n) is 4.00. The lowest BCUT2D eigenvalue weighted by Gasteiger charge is -2.16. The van der Waals surface area contributed by atoms with E-state index in [1.165, 1.54) is 0 Å². The minimum absolute atomic E-state index is 0.179. The van der Waals surface area contributed by atoms with E-state index < -0.39 is 35.1 Å². The standard InChI is InChI=1S/C11H13F3N2O/c1-5(2)9(15)11(17)16-10-7(13)3-6(12)4-8(10)14/h3-5,9H,15H2,1-2H3,(H,16,17)/t9-/m0/s1. The van der Waals surface area contributed by atoms with Gasteiger partial charge in [-0.15, -0.1) is 0 Å². The van der Waals surface area contributed by atoms with Crippen LogP contribution in [0.3, 0.4) is 0 Å². The second-order valence-corrected chi connectivity index (χ2v) is 4.00. The first kappa shape index (κ1) is 13.5. The van der Waals surface area contributed by atoms with E-state index in [9.17, 15) is 18.0 Å². The number of hydrogen-bond acceptors (Lipinski definition) is 2. The molecule has 0 heterocycles. The van der Waals surface area contributed by atoms with Crippen LogP contribution in [-0.2, 0) is 4.79 Å². The van der Waals surface area contributed by atoms with Crippen LogP contribution < -0.4 is 11.1 Å². The number of hydrogen-bond donors (Lipinski definition) is 2. The van der Waals surface area contributed by atoms with E-state index in [0.717, 1.165) is 0 Å². The number of anilines is 1. The van der Waals surface area contributed by atoms with Gasteiger partial charge in [-0.3, -0.25) is 4.79 Å². The van der Waals surface area contributed by atoms with Crippen molar-refractivity contribution in [1.82, 2.24) is 0 Å². The zero-order valence-corrected chi connectivity index (χ0v) is 9.43. The Morgan fingerprint density at radius 2 is 1.71 bits per heavy atom. The summed E-state index contributed by atoms with van der Waals surface area (Å²) in [6.45, 7) is 3.39.